The predicted molar refractivity (Wildman–Crippen MR) is 74.0 cm³/mol. The van der Waals surface area contributed by atoms with Crippen LogP contribution in [0, 0.1) is 29.9 Å². The van der Waals surface area contributed by atoms with Gasteiger partial charge in [-0.25, -0.2) is 0 Å². The van der Waals surface area contributed by atoms with Crippen molar-refractivity contribution in [3.05, 3.63) is 33.4 Å². The Balaban J connectivity index is 3.10. The lowest BCUT2D eigenvalue weighted by atomic mass is 10.0. The van der Waals surface area contributed by atoms with Crippen molar-refractivity contribution in [2.75, 3.05) is 5.32 Å². The summed E-state index contributed by atoms with van der Waals surface area (Å²) in [6.45, 7) is 7.25. The Morgan fingerprint density at radius 1 is 1.32 bits per heavy atom. The smallest absolute Gasteiger partial charge is 0.293 e. The molecule has 0 spiro atoms. The average Bonchev–Trinajstić information content (AvgIpc) is 2.31. The van der Waals surface area contributed by atoms with Gasteiger partial charge in [-0.2, -0.15) is 0 Å². The van der Waals surface area contributed by atoms with Crippen LogP contribution in [0.15, 0.2) is 12.1 Å². The number of benzene rings is 1. The monoisotopic (exact) mass is 265 g/mol. The van der Waals surface area contributed by atoms with Gasteiger partial charge in [-0.1, -0.05) is 13.8 Å². The van der Waals surface area contributed by atoms with Crippen LogP contribution in [-0.4, -0.2) is 16.9 Å². The average molecular weight is 265 g/mol. The van der Waals surface area contributed by atoms with Gasteiger partial charge >= 0.3 is 0 Å². The number of nitro benzene ring substituents is 1. The number of amides is 1. The molecule has 0 fully saturated rings. The first-order valence-corrected chi connectivity index (χ1v) is 6.06. The van der Waals surface area contributed by atoms with Crippen molar-refractivity contribution in [1.29, 1.82) is 0 Å². The predicted octanol–water partition coefficient (Wildman–Crippen LogP) is 2.13. The Hall–Kier alpha value is -1.95. The highest BCUT2D eigenvalue weighted by Crippen LogP contribution is 2.28. The third-order valence-electron chi connectivity index (χ3n) is 3.09. The fourth-order valence-corrected chi connectivity index (χ4v) is 1.57. The van der Waals surface area contributed by atoms with Gasteiger partial charge < -0.3 is 11.1 Å². The Morgan fingerprint density at radius 3 is 2.32 bits per heavy atom. The first-order valence-electron chi connectivity index (χ1n) is 6.06. The van der Waals surface area contributed by atoms with Gasteiger partial charge in [0.1, 0.15) is 5.69 Å². The normalized spacial score (nSPS) is 12.3. The number of carbonyl (C=O) groups is 1. The highest BCUT2D eigenvalue weighted by atomic mass is 16.6. The maximum absolute atomic E-state index is 11.9. The molecule has 0 aliphatic carbocycles. The number of nitrogens with zero attached hydrogens (tertiary/aromatic N) is 1. The van der Waals surface area contributed by atoms with Crippen molar-refractivity contribution < 1.29 is 9.72 Å². The van der Waals surface area contributed by atoms with Gasteiger partial charge in [0.15, 0.2) is 0 Å². The van der Waals surface area contributed by atoms with Crippen LogP contribution in [0.25, 0.3) is 0 Å². The molecule has 0 heterocycles. The lowest BCUT2D eigenvalue weighted by molar-refractivity contribution is -0.384. The lowest BCUT2D eigenvalue weighted by Gasteiger charge is -2.16. The van der Waals surface area contributed by atoms with E-state index in [1.807, 2.05) is 20.8 Å². The zero-order chi connectivity index (χ0) is 14.7. The molecule has 0 saturated heterocycles. The Bertz CT molecular complexity index is 512. The molecule has 1 aromatic rings. The van der Waals surface area contributed by atoms with Gasteiger partial charge in [-0.15, -0.1) is 0 Å². The van der Waals surface area contributed by atoms with Crippen LogP contribution < -0.4 is 11.1 Å². The van der Waals surface area contributed by atoms with E-state index in [9.17, 15) is 14.9 Å². The summed E-state index contributed by atoms with van der Waals surface area (Å²) in [4.78, 5) is 22.3. The molecule has 3 N–H and O–H groups in total. The molecule has 0 radical (unpaired) electrons. The second kappa shape index (κ2) is 5.79. The van der Waals surface area contributed by atoms with Crippen molar-refractivity contribution in [2.24, 2.45) is 11.7 Å². The van der Waals surface area contributed by atoms with Crippen LogP contribution in [0.3, 0.4) is 0 Å². The van der Waals surface area contributed by atoms with Crippen molar-refractivity contribution in [3.63, 3.8) is 0 Å². The van der Waals surface area contributed by atoms with Crippen LogP contribution in [0.2, 0.25) is 0 Å². The van der Waals surface area contributed by atoms with Crippen LogP contribution in [-0.2, 0) is 4.79 Å². The molecule has 6 nitrogen and oxygen atoms in total. The standard InChI is InChI=1S/C13H19N3O3/c1-7(2)12(14)13(17)15-10-5-8(3)9(4)6-11(10)16(18)19/h5-7,12H,14H2,1-4H3,(H,15,17)/t12-/m0/s1. The number of aryl methyl sites for hydroxylation is 2. The van der Waals surface area contributed by atoms with E-state index in [0.29, 0.717) is 0 Å². The zero-order valence-corrected chi connectivity index (χ0v) is 11.6. The summed E-state index contributed by atoms with van der Waals surface area (Å²) in [5, 5.41) is 13.5. The van der Waals surface area contributed by atoms with Crippen molar-refractivity contribution >= 4 is 17.3 Å². The van der Waals surface area contributed by atoms with E-state index in [1.165, 1.54) is 6.07 Å². The molecule has 0 aliphatic heterocycles. The number of hydrogen-bond acceptors (Lipinski definition) is 4. The van der Waals surface area contributed by atoms with E-state index < -0.39 is 16.9 Å². The SMILES string of the molecule is Cc1cc(NC(=O)[C@@H](N)C(C)C)c([N+](=O)[O-])cc1C. The molecule has 6 heteroatoms. The Kier molecular flexibility index (Phi) is 4.61. The molecular weight excluding hydrogens is 246 g/mol. The number of nitro groups is 1. The number of anilines is 1. The summed E-state index contributed by atoms with van der Waals surface area (Å²) < 4.78 is 0. The van der Waals surface area contributed by atoms with Gasteiger partial charge in [0.25, 0.3) is 5.69 Å². The van der Waals surface area contributed by atoms with E-state index >= 15 is 0 Å². The number of rotatable bonds is 4. The minimum Gasteiger partial charge on any atom is -0.320 e. The van der Waals surface area contributed by atoms with E-state index in [-0.39, 0.29) is 17.3 Å². The van der Waals surface area contributed by atoms with Gasteiger partial charge in [-0.05, 0) is 37.0 Å². The van der Waals surface area contributed by atoms with Crippen molar-refractivity contribution in [1.82, 2.24) is 0 Å². The summed E-state index contributed by atoms with van der Waals surface area (Å²) in [7, 11) is 0. The van der Waals surface area contributed by atoms with Crippen LogP contribution >= 0.6 is 0 Å². The van der Waals surface area contributed by atoms with Gasteiger partial charge in [0.05, 0.1) is 11.0 Å². The van der Waals surface area contributed by atoms with Crippen molar-refractivity contribution in [2.45, 2.75) is 33.7 Å². The molecule has 0 bridgehead atoms. The molecule has 1 amide bonds. The van der Waals surface area contributed by atoms with E-state index in [2.05, 4.69) is 5.32 Å². The minimum atomic E-state index is -0.693. The lowest BCUT2D eigenvalue weighted by Crippen LogP contribution is -2.39. The molecule has 1 aromatic carbocycles. The summed E-state index contributed by atoms with van der Waals surface area (Å²) in [6, 6.07) is 2.35. The Morgan fingerprint density at radius 2 is 1.84 bits per heavy atom. The topological polar surface area (TPSA) is 98.3 Å². The second-order valence-electron chi connectivity index (χ2n) is 4.97. The molecule has 0 aliphatic rings. The highest BCUT2D eigenvalue weighted by Gasteiger charge is 2.22. The first-order chi connectivity index (χ1) is 8.73. The van der Waals surface area contributed by atoms with Gasteiger partial charge in [0, 0.05) is 6.07 Å². The number of nitrogens with one attached hydrogen (secondary N) is 1. The van der Waals surface area contributed by atoms with Crippen molar-refractivity contribution in [3.8, 4) is 0 Å². The zero-order valence-electron chi connectivity index (χ0n) is 11.6. The quantitative estimate of drug-likeness (QED) is 0.643. The second-order valence-corrected chi connectivity index (χ2v) is 4.97. The Labute approximate surface area is 112 Å². The number of carbonyl (C=O) groups excluding carboxylic acids is 1. The molecule has 1 rings (SSSR count). The minimum absolute atomic E-state index is 0.0365. The maximum atomic E-state index is 11.9. The summed E-state index contributed by atoms with van der Waals surface area (Å²) >= 11 is 0. The fraction of sp³-hybridized carbons (Fsp3) is 0.462. The molecule has 0 aromatic heterocycles. The highest BCUT2D eigenvalue weighted by molar-refractivity contribution is 5.96. The molecule has 1 atom stereocenters. The largest absolute Gasteiger partial charge is 0.320 e. The van der Waals surface area contributed by atoms with Gasteiger partial charge in [-0.3, -0.25) is 14.9 Å². The van der Waals surface area contributed by atoms with E-state index in [1.54, 1.807) is 13.0 Å². The summed E-state index contributed by atoms with van der Waals surface area (Å²) in [5.74, 6) is -0.452. The van der Waals surface area contributed by atoms with E-state index in [0.717, 1.165) is 11.1 Å². The van der Waals surface area contributed by atoms with Crippen LogP contribution in [0.5, 0.6) is 0 Å². The molecule has 19 heavy (non-hydrogen) atoms. The summed E-state index contributed by atoms with van der Waals surface area (Å²) in [6.07, 6.45) is 0. The van der Waals surface area contributed by atoms with Gasteiger partial charge in [0.2, 0.25) is 5.91 Å². The van der Waals surface area contributed by atoms with Crippen LogP contribution in [0.1, 0.15) is 25.0 Å². The third-order valence-corrected chi connectivity index (χ3v) is 3.09. The number of hydrogen-bond donors (Lipinski definition) is 2. The first kappa shape index (κ1) is 15.1. The van der Waals surface area contributed by atoms with E-state index in [4.69, 9.17) is 5.73 Å². The van der Waals surface area contributed by atoms with Crippen LogP contribution in [0.4, 0.5) is 11.4 Å². The fourth-order valence-electron chi connectivity index (χ4n) is 1.57. The summed E-state index contributed by atoms with van der Waals surface area (Å²) in [5.41, 5.74) is 7.47. The molecule has 104 valence electrons. The third kappa shape index (κ3) is 3.51. The molecular formula is C13H19N3O3. The maximum Gasteiger partial charge on any atom is 0.293 e. The number of nitrogens with two attached hydrogens (primary N) is 1. The molecule has 0 unspecified atom stereocenters. The molecule has 0 saturated carbocycles.